The Morgan fingerprint density at radius 1 is 1.26 bits per heavy atom. The van der Waals surface area contributed by atoms with Crippen molar-refractivity contribution in [1.29, 1.82) is 0 Å². The fourth-order valence-electron chi connectivity index (χ4n) is 2.27. The maximum atomic E-state index is 12.0. The number of anilines is 1. The van der Waals surface area contributed by atoms with Crippen molar-refractivity contribution >= 4 is 23.1 Å². The van der Waals surface area contributed by atoms with Gasteiger partial charge in [0.15, 0.2) is 5.78 Å². The second-order valence-electron chi connectivity index (χ2n) is 5.00. The smallest absolute Gasteiger partial charge is 0.157 e. The summed E-state index contributed by atoms with van der Waals surface area (Å²) in [5.41, 5.74) is 0.755. The Morgan fingerprint density at radius 3 is 2.52 bits per heavy atom. The lowest BCUT2D eigenvalue weighted by Crippen LogP contribution is -2.23. The molecule has 23 heavy (non-hydrogen) atoms. The van der Waals surface area contributed by atoms with E-state index in [4.69, 9.17) is 11.6 Å². The number of carbonyl (C=O) groups is 1. The van der Waals surface area contributed by atoms with Crippen molar-refractivity contribution in [1.82, 2.24) is 4.98 Å². The number of Topliss-reactive ketones (excluding diaryl/α,β-unsaturated/α-hetero) is 1. The van der Waals surface area contributed by atoms with Gasteiger partial charge < -0.3 is 15.5 Å². The molecular formula is C17H15ClN2O3-2. The van der Waals surface area contributed by atoms with Crippen molar-refractivity contribution in [2.45, 2.75) is 19.9 Å². The fraction of sp³-hybridized carbons (Fsp3) is 0.176. The number of ketones is 1. The van der Waals surface area contributed by atoms with Crippen LogP contribution >= 0.6 is 11.6 Å². The van der Waals surface area contributed by atoms with E-state index >= 15 is 0 Å². The summed E-state index contributed by atoms with van der Waals surface area (Å²) in [6, 6.07) is 8.68. The normalized spacial score (nSPS) is 13.2. The fourth-order valence-corrected chi connectivity index (χ4v) is 2.43. The molecule has 2 aromatic rings. The van der Waals surface area contributed by atoms with Gasteiger partial charge in [0.25, 0.3) is 0 Å². The molecule has 1 aromatic carbocycles. The minimum Gasteiger partial charge on any atom is -0.875 e. The first-order valence-electron chi connectivity index (χ1n) is 6.93. The van der Waals surface area contributed by atoms with Gasteiger partial charge in [0.1, 0.15) is 0 Å². The minimum atomic E-state index is -0.805. The third-order valence-electron chi connectivity index (χ3n) is 3.27. The van der Waals surface area contributed by atoms with Gasteiger partial charge in [0, 0.05) is 22.5 Å². The van der Waals surface area contributed by atoms with Gasteiger partial charge in [-0.05, 0) is 37.3 Å². The van der Waals surface area contributed by atoms with Gasteiger partial charge in [-0.15, -0.1) is 5.76 Å². The summed E-state index contributed by atoms with van der Waals surface area (Å²) in [5, 5.41) is 27.2. The molecule has 5 nitrogen and oxygen atoms in total. The zero-order valence-corrected chi connectivity index (χ0v) is 13.4. The molecule has 0 radical (unpaired) electrons. The number of pyridine rings is 1. The molecular weight excluding hydrogens is 316 g/mol. The monoisotopic (exact) mass is 330 g/mol. The number of nitrogens with zero attached hydrogens (tertiary/aromatic N) is 1. The van der Waals surface area contributed by atoms with Crippen molar-refractivity contribution in [3.63, 3.8) is 0 Å². The Hall–Kier alpha value is -2.53. The van der Waals surface area contributed by atoms with Crippen molar-refractivity contribution in [2.24, 2.45) is 0 Å². The van der Waals surface area contributed by atoms with E-state index in [-0.39, 0.29) is 28.6 Å². The molecule has 6 heteroatoms. The van der Waals surface area contributed by atoms with Crippen LogP contribution in [0.5, 0.6) is 5.75 Å². The number of allylic oxidation sites excluding steroid dienone is 1. The predicted molar refractivity (Wildman–Crippen MR) is 84.9 cm³/mol. The molecule has 0 aliphatic rings. The van der Waals surface area contributed by atoms with Crippen LogP contribution in [-0.4, -0.2) is 10.8 Å². The highest BCUT2D eigenvalue weighted by atomic mass is 35.5. The lowest BCUT2D eigenvalue weighted by molar-refractivity contribution is -0.303. The van der Waals surface area contributed by atoms with Gasteiger partial charge in [-0.25, -0.2) is 0 Å². The first-order chi connectivity index (χ1) is 10.9. The molecule has 1 heterocycles. The third-order valence-corrected chi connectivity index (χ3v) is 3.51. The summed E-state index contributed by atoms with van der Waals surface area (Å²) in [6.07, 6.45) is 1.56. The molecule has 1 aromatic heterocycles. The van der Waals surface area contributed by atoms with E-state index in [1.165, 1.54) is 26.0 Å². The van der Waals surface area contributed by atoms with E-state index in [2.05, 4.69) is 10.3 Å². The second-order valence-corrected chi connectivity index (χ2v) is 5.43. The zero-order valence-electron chi connectivity index (χ0n) is 12.7. The quantitative estimate of drug-likeness (QED) is 0.670. The molecule has 0 spiro atoms. The molecule has 0 amide bonds. The van der Waals surface area contributed by atoms with Crippen LogP contribution in [0.3, 0.4) is 0 Å². The largest absolute Gasteiger partial charge is 0.875 e. The van der Waals surface area contributed by atoms with Crippen LogP contribution in [-0.2, 0) is 4.79 Å². The zero-order chi connectivity index (χ0) is 17.0. The van der Waals surface area contributed by atoms with E-state index < -0.39 is 6.04 Å². The van der Waals surface area contributed by atoms with Gasteiger partial charge in [0.05, 0.1) is 11.7 Å². The molecule has 1 atom stereocenters. The maximum Gasteiger partial charge on any atom is 0.157 e. The second kappa shape index (κ2) is 7.15. The number of benzene rings is 1. The number of hydrogen-bond acceptors (Lipinski definition) is 5. The number of halogens is 1. The summed E-state index contributed by atoms with van der Waals surface area (Å²) >= 11 is 5.78. The predicted octanol–water partition coefficient (Wildman–Crippen LogP) is 2.19. The first kappa shape index (κ1) is 16.8. The Balaban J connectivity index is 2.50. The van der Waals surface area contributed by atoms with E-state index in [1.54, 1.807) is 30.5 Å². The van der Waals surface area contributed by atoms with Crippen molar-refractivity contribution in [3.8, 4) is 5.75 Å². The van der Waals surface area contributed by atoms with Crippen LogP contribution in [0.4, 0.5) is 5.69 Å². The van der Waals surface area contributed by atoms with Gasteiger partial charge in [-0.3, -0.25) is 9.78 Å². The molecule has 0 aliphatic heterocycles. The lowest BCUT2D eigenvalue weighted by atomic mass is 9.98. The van der Waals surface area contributed by atoms with Crippen LogP contribution in [0.15, 0.2) is 53.9 Å². The van der Waals surface area contributed by atoms with Crippen molar-refractivity contribution in [2.75, 3.05) is 5.32 Å². The molecule has 1 unspecified atom stereocenters. The maximum absolute atomic E-state index is 12.0. The Bertz CT molecular complexity index is 741. The average Bonchev–Trinajstić information content (AvgIpc) is 2.49. The Kier molecular flexibility index (Phi) is 5.24. The van der Waals surface area contributed by atoms with E-state index in [0.717, 1.165) is 0 Å². The highest BCUT2D eigenvalue weighted by molar-refractivity contribution is 6.30. The van der Waals surface area contributed by atoms with E-state index in [0.29, 0.717) is 10.7 Å². The van der Waals surface area contributed by atoms with Crippen molar-refractivity contribution in [3.05, 3.63) is 64.6 Å². The Labute approximate surface area is 139 Å². The molecule has 0 bridgehead atoms. The topological polar surface area (TPSA) is 88.1 Å². The van der Waals surface area contributed by atoms with Crippen LogP contribution < -0.4 is 15.5 Å². The van der Waals surface area contributed by atoms with Gasteiger partial charge >= 0.3 is 0 Å². The minimum absolute atomic E-state index is 0.0399. The number of nitrogens with one attached hydrogen (secondary N) is 1. The molecule has 2 rings (SSSR count). The first-order valence-corrected chi connectivity index (χ1v) is 7.30. The third kappa shape index (κ3) is 4.02. The summed E-state index contributed by atoms with van der Waals surface area (Å²) in [4.78, 5) is 16.1. The number of rotatable bonds is 5. The molecule has 120 valence electrons. The van der Waals surface area contributed by atoms with Crippen LogP contribution in [0, 0.1) is 0 Å². The van der Waals surface area contributed by atoms with Crippen molar-refractivity contribution < 1.29 is 15.0 Å². The van der Waals surface area contributed by atoms with E-state index in [9.17, 15) is 15.0 Å². The molecule has 0 fully saturated rings. The molecule has 1 N–H and O–H groups in total. The molecule has 0 saturated heterocycles. The highest BCUT2D eigenvalue weighted by Crippen LogP contribution is 2.31. The van der Waals surface area contributed by atoms with Gasteiger partial charge in [-0.1, -0.05) is 30.3 Å². The standard InChI is InChI=1S/C17H17ClN2O3/c1-10(21)16(11(2)22)17(14-5-3-4-8-19-14)20-13-7-6-12(18)9-15(13)23/h3-9,17,20-21,23H,1-2H3/p-2. The summed E-state index contributed by atoms with van der Waals surface area (Å²) in [6.45, 7) is 2.63. The SMILES string of the molecule is CC(=O)C(=C(C)[O-])C(Nc1ccc(Cl)cc1[O-])c1ccccn1. The number of aromatic nitrogens is 1. The van der Waals surface area contributed by atoms with E-state index in [1.807, 2.05) is 0 Å². The van der Waals surface area contributed by atoms with Crippen LogP contribution in [0.25, 0.3) is 0 Å². The van der Waals surface area contributed by atoms with Gasteiger partial charge in [0.2, 0.25) is 0 Å². The number of carbonyl (C=O) groups excluding carboxylic acids is 1. The summed E-state index contributed by atoms with van der Waals surface area (Å²) in [5.74, 6) is -1.07. The van der Waals surface area contributed by atoms with Gasteiger partial charge in [-0.2, -0.15) is 0 Å². The Morgan fingerprint density at radius 2 is 2.00 bits per heavy atom. The average molecular weight is 331 g/mol. The molecule has 0 aliphatic carbocycles. The summed E-state index contributed by atoms with van der Waals surface area (Å²) in [7, 11) is 0. The number of hydrogen-bond donors (Lipinski definition) is 1. The highest BCUT2D eigenvalue weighted by Gasteiger charge is 2.21. The lowest BCUT2D eigenvalue weighted by Gasteiger charge is -2.27. The summed E-state index contributed by atoms with van der Waals surface area (Å²) < 4.78 is 0. The van der Waals surface area contributed by atoms with Crippen LogP contribution in [0.1, 0.15) is 25.6 Å². The van der Waals surface area contributed by atoms with Crippen LogP contribution in [0.2, 0.25) is 5.02 Å². The molecule has 0 saturated carbocycles.